The second-order valence-electron chi connectivity index (χ2n) is 7.14. The number of ether oxygens (including phenoxy) is 2. The Morgan fingerprint density at radius 1 is 1.21 bits per heavy atom. The number of nitrogens with one attached hydrogen (secondary N) is 1. The van der Waals surface area contributed by atoms with Crippen LogP contribution in [0.2, 0.25) is 0 Å². The zero-order chi connectivity index (χ0) is 19.3. The number of aromatic amines is 1. The van der Waals surface area contributed by atoms with Crippen LogP contribution in [-0.2, 0) is 16.0 Å². The second kappa shape index (κ2) is 8.58. The maximum absolute atomic E-state index is 12.8. The van der Waals surface area contributed by atoms with Gasteiger partial charge in [-0.3, -0.25) is 9.89 Å². The molecule has 7 nitrogen and oxygen atoms in total. The van der Waals surface area contributed by atoms with Gasteiger partial charge in [0.2, 0.25) is 0 Å². The van der Waals surface area contributed by atoms with E-state index in [9.17, 15) is 4.79 Å². The number of hydrogen-bond donors (Lipinski definition) is 1. The molecule has 3 aromatic rings. The van der Waals surface area contributed by atoms with Crippen LogP contribution in [0.5, 0.6) is 0 Å². The van der Waals surface area contributed by atoms with Gasteiger partial charge in [-0.2, -0.15) is 5.10 Å². The summed E-state index contributed by atoms with van der Waals surface area (Å²) < 4.78 is 12.9. The van der Waals surface area contributed by atoms with Crippen molar-refractivity contribution >= 4 is 16.8 Å². The average Bonchev–Trinajstić information content (AvgIpc) is 3.36. The molecule has 4 rings (SSSR count). The highest BCUT2D eigenvalue weighted by atomic mass is 16.5. The molecule has 0 radical (unpaired) electrons. The first-order valence-corrected chi connectivity index (χ1v) is 9.72. The van der Waals surface area contributed by atoms with Gasteiger partial charge in [-0.25, -0.2) is 0 Å². The number of H-pyrrole nitrogens is 1. The number of aromatic nitrogens is 3. The highest BCUT2D eigenvalue weighted by molar-refractivity contribution is 5.92. The van der Waals surface area contributed by atoms with Gasteiger partial charge in [0, 0.05) is 31.9 Å². The van der Waals surface area contributed by atoms with Crippen LogP contribution in [0.4, 0.5) is 0 Å². The van der Waals surface area contributed by atoms with Gasteiger partial charge in [0.1, 0.15) is 5.69 Å². The fraction of sp³-hybridized carbons (Fsp3) is 0.429. The van der Waals surface area contributed by atoms with Crippen molar-refractivity contribution in [3.05, 3.63) is 54.0 Å². The lowest BCUT2D eigenvalue weighted by molar-refractivity contribution is -0.0123. The molecule has 1 aromatic carbocycles. The van der Waals surface area contributed by atoms with E-state index in [2.05, 4.69) is 39.2 Å². The standard InChI is InChI=1S/C21H26N4O3/c1-27-12-13-28-18-7-10-24(11-8-18)21(26)19-14-17(22-23-19)15-25-9-6-16-4-2-3-5-20(16)25/h2-6,9,14,18H,7-8,10-13,15H2,1H3,(H,22,23). The van der Waals surface area contributed by atoms with E-state index >= 15 is 0 Å². The molecule has 0 bridgehead atoms. The van der Waals surface area contributed by atoms with Gasteiger partial charge in [0.25, 0.3) is 5.91 Å². The molecule has 0 aliphatic carbocycles. The first-order chi connectivity index (χ1) is 13.7. The number of para-hydroxylation sites is 1. The number of methoxy groups -OCH3 is 1. The molecule has 0 spiro atoms. The summed E-state index contributed by atoms with van der Waals surface area (Å²) in [4.78, 5) is 14.6. The summed E-state index contributed by atoms with van der Waals surface area (Å²) in [7, 11) is 1.67. The summed E-state index contributed by atoms with van der Waals surface area (Å²) in [6, 6.07) is 12.2. The van der Waals surface area contributed by atoms with E-state index in [-0.39, 0.29) is 12.0 Å². The molecule has 1 aliphatic rings. The molecule has 1 N–H and O–H groups in total. The third-order valence-electron chi connectivity index (χ3n) is 5.24. The topological polar surface area (TPSA) is 72.4 Å². The minimum atomic E-state index is -0.0183. The lowest BCUT2D eigenvalue weighted by atomic mass is 10.1. The Kier molecular flexibility index (Phi) is 5.73. The van der Waals surface area contributed by atoms with Crippen molar-refractivity contribution in [3.8, 4) is 0 Å². The SMILES string of the molecule is COCCOC1CCN(C(=O)c2cc(Cn3ccc4ccccc43)[nH]n2)CC1. The summed E-state index contributed by atoms with van der Waals surface area (Å²) in [5.41, 5.74) is 2.56. The molecule has 2 aromatic heterocycles. The molecule has 0 unspecified atom stereocenters. The van der Waals surface area contributed by atoms with Crippen LogP contribution in [0.25, 0.3) is 10.9 Å². The predicted molar refractivity (Wildman–Crippen MR) is 106 cm³/mol. The number of nitrogens with zero attached hydrogens (tertiary/aromatic N) is 3. The molecular formula is C21H26N4O3. The number of benzene rings is 1. The highest BCUT2D eigenvalue weighted by Gasteiger charge is 2.25. The first-order valence-electron chi connectivity index (χ1n) is 9.72. The highest BCUT2D eigenvalue weighted by Crippen LogP contribution is 2.18. The minimum Gasteiger partial charge on any atom is -0.382 e. The van der Waals surface area contributed by atoms with Crippen LogP contribution in [0.3, 0.4) is 0 Å². The van der Waals surface area contributed by atoms with Gasteiger partial charge in [0.05, 0.1) is 31.6 Å². The molecule has 1 aliphatic heterocycles. The van der Waals surface area contributed by atoms with Crippen molar-refractivity contribution in [3.63, 3.8) is 0 Å². The molecule has 148 valence electrons. The molecule has 7 heteroatoms. The summed E-state index contributed by atoms with van der Waals surface area (Å²) in [5.74, 6) is -0.0183. The van der Waals surface area contributed by atoms with E-state index in [0.717, 1.165) is 18.5 Å². The van der Waals surface area contributed by atoms with Crippen molar-refractivity contribution in [2.45, 2.75) is 25.5 Å². The van der Waals surface area contributed by atoms with E-state index in [0.29, 0.717) is 38.5 Å². The van der Waals surface area contributed by atoms with Crippen LogP contribution >= 0.6 is 0 Å². The molecule has 0 atom stereocenters. The van der Waals surface area contributed by atoms with E-state index in [1.165, 1.54) is 10.9 Å². The Balaban J connectivity index is 1.35. The second-order valence-corrected chi connectivity index (χ2v) is 7.14. The van der Waals surface area contributed by atoms with Gasteiger partial charge in [-0.1, -0.05) is 18.2 Å². The van der Waals surface area contributed by atoms with E-state index in [1.54, 1.807) is 7.11 Å². The Hall–Kier alpha value is -2.64. The fourth-order valence-corrected chi connectivity index (χ4v) is 3.70. The molecule has 1 amide bonds. The third-order valence-corrected chi connectivity index (χ3v) is 5.24. The van der Waals surface area contributed by atoms with Crippen molar-refractivity contribution in [1.29, 1.82) is 0 Å². The van der Waals surface area contributed by atoms with Gasteiger partial charge in [0.15, 0.2) is 0 Å². The minimum absolute atomic E-state index is 0.0183. The van der Waals surface area contributed by atoms with Gasteiger partial charge < -0.3 is 18.9 Å². The predicted octanol–water partition coefficient (Wildman–Crippen LogP) is 2.68. The quantitative estimate of drug-likeness (QED) is 0.638. The van der Waals surface area contributed by atoms with Crippen molar-refractivity contribution in [2.75, 3.05) is 33.4 Å². The Bertz CT molecular complexity index is 925. The van der Waals surface area contributed by atoms with Crippen molar-refractivity contribution in [2.24, 2.45) is 0 Å². The number of hydrogen-bond acceptors (Lipinski definition) is 4. The van der Waals surface area contributed by atoms with Gasteiger partial charge >= 0.3 is 0 Å². The van der Waals surface area contributed by atoms with Crippen molar-refractivity contribution in [1.82, 2.24) is 19.7 Å². The Morgan fingerprint density at radius 2 is 2.04 bits per heavy atom. The number of carbonyl (C=O) groups excluding carboxylic acids is 1. The summed E-state index contributed by atoms with van der Waals surface area (Å²) in [6.45, 7) is 3.25. The number of piperidine rings is 1. The van der Waals surface area contributed by atoms with Crippen molar-refractivity contribution < 1.29 is 14.3 Å². The fourth-order valence-electron chi connectivity index (χ4n) is 3.70. The maximum Gasteiger partial charge on any atom is 0.274 e. The first kappa shape index (κ1) is 18.7. The largest absolute Gasteiger partial charge is 0.382 e. The van der Waals surface area contributed by atoms with Crippen LogP contribution in [0.15, 0.2) is 42.6 Å². The summed E-state index contributed by atoms with van der Waals surface area (Å²) >= 11 is 0. The smallest absolute Gasteiger partial charge is 0.274 e. The van der Waals surface area contributed by atoms with Crippen LogP contribution in [-0.4, -0.2) is 65.1 Å². The molecule has 0 saturated carbocycles. The number of rotatable bonds is 7. The molecule has 1 fully saturated rings. The zero-order valence-corrected chi connectivity index (χ0v) is 16.1. The normalized spacial score (nSPS) is 15.4. The number of carbonyl (C=O) groups is 1. The molecule has 1 saturated heterocycles. The third kappa shape index (κ3) is 4.10. The van der Waals surface area contributed by atoms with Gasteiger partial charge in [-0.05, 0) is 36.4 Å². The van der Waals surface area contributed by atoms with Crippen LogP contribution in [0, 0.1) is 0 Å². The molecule has 3 heterocycles. The van der Waals surface area contributed by atoms with Crippen LogP contribution in [0.1, 0.15) is 29.0 Å². The summed E-state index contributed by atoms with van der Waals surface area (Å²) in [6.07, 6.45) is 3.96. The molecule has 28 heavy (non-hydrogen) atoms. The van der Waals surface area contributed by atoms with Crippen LogP contribution < -0.4 is 0 Å². The monoisotopic (exact) mass is 382 g/mol. The van der Waals surface area contributed by atoms with Gasteiger partial charge in [-0.15, -0.1) is 0 Å². The maximum atomic E-state index is 12.8. The average molecular weight is 382 g/mol. The molecular weight excluding hydrogens is 356 g/mol. The van der Waals surface area contributed by atoms with E-state index < -0.39 is 0 Å². The van der Waals surface area contributed by atoms with E-state index in [4.69, 9.17) is 9.47 Å². The Labute approximate surface area is 164 Å². The Morgan fingerprint density at radius 3 is 2.86 bits per heavy atom. The lowest BCUT2D eigenvalue weighted by Crippen LogP contribution is -2.41. The number of likely N-dealkylation sites (tertiary alicyclic amines) is 1. The number of amides is 1. The number of fused-ring (bicyclic) bond motifs is 1. The van der Waals surface area contributed by atoms with E-state index in [1.807, 2.05) is 23.1 Å². The zero-order valence-electron chi connectivity index (χ0n) is 16.1. The lowest BCUT2D eigenvalue weighted by Gasteiger charge is -2.31. The summed E-state index contributed by atoms with van der Waals surface area (Å²) in [5, 5.41) is 8.47.